The largest absolute Gasteiger partial charge is 0.444 e. The van der Waals surface area contributed by atoms with Gasteiger partial charge in [-0.3, -0.25) is 15.1 Å². The summed E-state index contributed by atoms with van der Waals surface area (Å²) in [5, 5.41) is 15.7. The summed E-state index contributed by atoms with van der Waals surface area (Å²) in [5.41, 5.74) is 2.08. The van der Waals surface area contributed by atoms with Gasteiger partial charge in [0.15, 0.2) is 0 Å². The van der Waals surface area contributed by atoms with Gasteiger partial charge in [-0.05, 0) is 69.8 Å². The Kier molecular flexibility index (Phi) is 9.54. The van der Waals surface area contributed by atoms with Crippen LogP contribution < -0.4 is 16.0 Å². The molecule has 3 N–H and O–H groups in total. The number of hydrogen-bond acceptors (Lipinski definition) is 8. The zero-order valence-electron chi connectivity index (χ0n) is 22.4. The summed E-state index contributed by atoms with van der Waals surface area (Å²) in [6, 6.07) is 5.14. The summed E-state index contributed by atoms with van der Waals surface area (Å²) >= 11 is 2.86. The Hall–Kier alpha value is -3.48. The van der Waals surface area contributed by atoms with E-state index in [0.29, 0.717) is 24.5 Å². The number of nitrogens with one attached hydrogen (secondary N) is 3. The van der Waals surface area contributed by atoms with E-state index in [9.17, 15) is 14.4 Å². The van der Waals surface area contributed by atoms with Gasteiger partial charge < -0.3 is 25.2 Å². The smallest absolute Gasteiger partial charge is 0.412 e. The number of hydrogen-bond donors (Lipinski definition) is 3. The van der Waals surface area contributed by atoms with Gasteiger partial charge >= 0.3 is 12.1 Å². The van der Waals surface area contributed by atoms with Gasteiger partial charge in [0.1, 0.15) is 11.3 Å². The summed E-state index contributed by atoms with van der Waals surface area (Å²) in [7, 11) is 0. The van der Waals surface area contributed by atoms with Crippen LogP contribution >= 0.6 is 22.7 Å². The average Bonchev–Trinajstić information content (AvgIpc) is 3.65. The van der Waals surface area contributed by atoms with Crippen molar-refractivity contribution in [3.05, 3.63) is 57.2 Å². The number of aromatic nitrogens is 1. The van der Waals surface area contributed by atoms with Crippen molar-refractivity contribution in [3.8, 4) is 0 Å². The molecule has 4 amide bonds. The number of carbonyl (C=O) groups excluding carboxylic acids is 3. The predicted octanol–water partition coefficient (Wildman–Crippen LogP) is 5.93. The van der Waals surface area contributed by atoms with Crippen molar-refractivity contribution in [2.45, 2.75) is 45.8 Å². The van der Waals surface area contributed by atoms with E-state index in [1.165, 1.54) is 35.5 Å². The molecule has 0 aliphatic carbocycles. The topological polar surface area (TPSA) is 116 Å². The summed E-state index contributed by atoms with van der Waals surface area (Å²) in [4.78, 5) is 46.5. The molecule has 208 valence electrons. The lowest BCUT2D eigenvalue weighted by Gasteiger charge is -2.25. The molecule has 3 aromatic heterocycles. The molecule has 10 nitrogen and oxygen atoms in total. The molecule has 0 atom stereocenters. The fourth-order valence-corrected chi connectivity index (χ4v) is 5.32. The van der Waals surface area contributed by atoms with Crippen LogP contribution in [0.2, 0.25) is 0 Å². The Balaban J connectivity index is 1.37. The molecule has 4 rings (SSSR count). The summed E-state index contributed by atoms with van der Waals surface area (Å²) in [5.74, 6) is -0.409. The summed E-state index contributed by atoms with van der Waals surface area (Å²) < 4.78 is 5.29. The van der Waals surface area contributed by atoms with Crippen molar-refractivity contribution in [1.29, 1.82) is 0 Å². The number of amides is 4. The fraction of sp³-hybridized carbons (Fsp3) is 0.407. The lowest BCUT2D eigenvalue weighted by atomic mass is 10.2. The average molecular weight is 571 g/mol. The molecule has 1 aliphatic heterocycles. The molecule has 1 aliphatic rings. The maximum atomic E-state index is 13.0. The lowest BCUT2D eigenvalue weighted by molar-refractivity contribution is 0.0635. The second-order valence-electron chi connectivity index (χ2n) is 10.2. The molecule has 0 radical (unpaired) electrons. The van der Waals surface area contributed by atoms with E-state index in [1.54, 1.807) is 54.8 Å². The minimum Gasteiger partial charge on any atom is -0.444 e. The number of rotatable bonds is 9. The van der Waals surface area contributed by atoms with Crippen molar-refractivity contribution >= 4 is 57.8 Å². The number of nitrogens with zero attached hydrogens (tertiary/aromatic N) is 3. The highest BCUT2D eigenvalue weighted by Gasteiger charge is 2.20. The summed E-state index contributed by atoms with van der Waals surface area (Å²) in [6.45, 7) is 9.22. The molecular weight excluding hydrogens is 536 g/mol. The van der Waals surface area contributed by atoms with Crippen LogP contribution in [0.25, 0.3) is 0 Å². The highest BCUT2D eigenvalue weighted by Crippen LogP contribution is 2.27. The molecule has 0 saturated carbocycles. The zero-order valence-corrected chi connectivity index (χ0v) is 24.0. The number of ether oxygens (including phenoxy) is 1. The van der Waals surface area contributed by atoms with Crippen molar-refractivity contribution in [3.63, 3.8) is 0 Å². The van der Waals surface area contributed by atoms with Gasteiger partial charge in [0, 0.05) is 42.0 Å². The lowest BCUT2D eigenvalue weighted by Crippen LogP contribution is -2.39. The molecule has 39 heavy (non-hydrogen) atoms. The Labute approximate surface area is 236 Å². The molecule has 4 heterocycles. The Morgan fingerprint density at radius 3 is 2.38 bits per heavy atom. The summed E-state index contributed by atoms with van der Waals surface area (Å²) in [6.07, 6.45) is 3.40. The molecule has 0 aromatic carbocycles. The van der Waals surface area contributed by atoms with E-state index in [4.69, 9.17) is 4.74 Å². The SMILES string of the molecule is CC(C)(C)OC(=O)Nc1cscc1NC(=O)c1ccc(CN(CCN2CCCC2)C(=O)Nc2ccsc2)cn1. The van der Waals surface area contributed by atoms with Gasteiger partial charge in [0.05, 0.1) is 17.1 Å². The maximum Gasteiger partial charge on any atom is 0.412 e. The molecule has 0 unspecified atom stereocenters. The van der Waals surface area contributed by atoms with Gasteiger partial charge in [0.2, 0.25) is 0 Å². The first-order valence-corrected chi connectivity index (χ1v) is 14.7. The molecular formula is C27H34N6O4S2. The number of pyridine rings is 1. The van der Waals surface area contributed by atoms with Crippen molar-refractivity contribution < 1.29 is 19.1 Å². The number of likely N-dealkylation sites (tertiary alicyclic amines) is 1. The monoisotopic (exact) mass is 570 g/mol. The Bertz CT molecular complexity index is 1250. The number of thiophene rings is 2. The quantitative estimate of drug-likeness (QED) is 0.294. The highest BCUT2D eigenvalue weighted by atomic mass is 32.1. The van der Waals surface area contributed by atoms with Crippen LogP contribution in [-0.2, 0) is 11.3 Å². The van der Waals surface area contributed by atoms with Gasteiger partial charge in [0.25, 0.3) is 5.91 Å². The number of anilines is 3. The van der Waals surface area contributed by atoms with E-state index in [2.05, 4.69) is 25.8 Å². The van der Waals surface area contributed by atoms with Gasteiger partial charge in [-0.15, -0.1) is 11.3 Å². The Morgan fingerprint density at radius 2 is 1.74 bits per heavy atom. The standard InChI is InChI=1S/C27H34N6O4S2/c1-27(2,3)37-26(36)31-23-18-39-17-22(23)30-24(34)21-7-6-19(14-28-21)15-33(12-11-32-9-4-5-10-32)25(35)29-20-8-13-38-16-20/h6-8,13-14,16-18H,4-5,9-12,15H2,1-3H3,(H,29,35)(H,30,34)(H,31,36). The minimum absolute atomic E-state index is 0.170. The van der Waals surface area contributed by atoms with Crippen LogP contribution in [0.15, 0.2) is 45.9 Å². The normalized spacial score (nSPS) is 13.6. The second-order valence-corrected chi connectivity index (χ2v) is 11.8. The highest BCUT2D eigenvalue weighted by molar-refractivity contribution is 7.09. The maximum absolute atomic E-state index is 13.0. The van der Waals surface area contributed by atoms with Crippen molar-refractivity contribution in [2.24, 2.45) is 0 Å². The number of urea groups is 1. The third-order valence-electron chi connectivity index (χ3n) is 5.92. The van der Waals surface area contributed by atoms with E-state index in [-0.39, 0.29) is 11.7 Å². The van der Waals surface area contributed by atoms with Crippen molar-refractivity contribution in [1.82, 2.24) is 14.8 Å². The van der Waals surface area contributed by atoms with E-state index in [0.717, 1.165) is 30.9 Å². The third-order valence-corrected chi connectivity index (χ3v) is 7.35. The van der Waals surface area contributed by atoms with Gasteiger partial charge in [-0.1, -0.05) is 6.07 Å². The first kappa shape index (κ1) is 28.5. The van der Waals surface area contributed by atoms with Crippen LogP contribution in [0, 0.1) is 0 Å². The third kappa shape index (κ3) is 8.77. The zero-order chi connectivity index (χ0) is 27.8. The van der Waals surface area contributed by atoms with Gasteiger partial charge in [-0.2, -0.15) is 11.3 Å². The first-order valence-electron chi connectivity index (χ1n) is 12.8. The van der Waals surface area contributed by atoms with Gasteiger partial charge in [-0.25, -0.2) is 9.59 Å². The first-order chi connectivity index (χ1) is 18.7. The molecule has 0 spiro atoms. The second kappa shape index (κ2) is 13.0. The Morgan fingerprint density at radius 1 is 1.00 bits per heavy atom. The predicted molar refractivity (Wildman–Crippen MR) is 156 cm³/mol. The van der Waals surface area contributed by atoms with Crippen LogP contribution in [0.3, 0.4) is 0 Å². The number of carbonyl (C=O) groups is 3. The van der Waals surface area contributed by atoms with E-state index >= 15 is 0 Å². The molecule has 1 saturated heterocycles. The molecule has 1 fully saturated rings. The minimum atomic E-state index is -0.635. The van der Waals surface area contributed by atoms with Crippen LogP contribution in [-0.4, -0.2) is 64.6 Å². The molecule has 12 heteroatoms. The van der Waals surface area contributed by atoms with Crippen LogP contribution in [0.5, 0.6) is 0 Å². The molecule has 3 aromatic rings. The van der Waals surface area contributed by atoms with E-state index in [1.807, 2.05) is 16.8 Å². The van der Waals surface area contributed by atoms with Crippen LogP contribution in [0.4, 0.5) is 26.7 Å². The van der Waals surface area contributed by atoms with Crippen molar-refractivity contribution in [2.75, 3.05) is 42.1 Å². The molecule has 0 bridgehead atoms. The van der Waals surface area contributed by atoms with E-state index < -0.39 is 17.6 Å². The van der Waals surface area contributed by atoms with Crippen LogP contribution in [0.1, 0.15) is 49.7 Å². The fourth-order valence-electron chi connectivity index (χ4n) is 4.02.